The lowest BCUT2D eigenvalue weighted by molar-refractivity contribution is 0.0230. The van der Waals surface area contributed by atoms with E-state index in [1.54, 1.807) is 6.33 Å². The van der Waals surface area contributed by atoms with E-state index in [0.717, 1.165) is 24.5 Å². The summed E-state index contributed by atoms with van der Waals surface area (Å²) in [6, 6.07) is 0. The number of aromatic amines is 1. The van der Waals surface area contributed by atoms with Gasteiger partial charge in [0.15, 0.2) is 0 Å². The van der Waals surface area contributed by atoms with Crippen LogP contribution in [0.3, 0.4) is 0 Å². The molecule has 7 heteroatoms. The average Bonchev–Trinajstić information content (AvgIpc) is 3.00. The zero-order valence-corrected chi connectivity index (χ0v) is 10.6. The van der Waals surface area contributed by atoms with Gasteiger partial charge >= 0.3 is 4.87 Å². The zero-order chi connectivity index (χ0) is 12.4. The molecule has 6 nitrogen and oxygen atoms in total. The van der Waals surface area contributed by atoms with Crippen LogP contribution in [-0.2, 0) is 11.3 Å². The average molecular weight is 266 g/mol. The summed E-state index contributed by atoms with van der Waals surface area (Å²) >= 11 is 1.18. The molecule has 1 saturated heterocycles. The summed E-state index contributed by atoms with van der Waals surface area (Å²) in [6.07, 6.45) is 3.62. The molecular weight excluding hydrogens is 252 g/mol. The number of H-pyrrole nitrogens is 1. The Balaban J connectivity index is 1.80. The molecule has 0 aliphatic carbocycles. The summed E-state index contributed by atoms with van der Waals surface area (Å²) in [5, 5.41) is 5.14. The standard InChI is InChI=1S/C11H14N4O2S/c16-11-14-8(6-18-11)5-15-7-13-3-9(15)10-4-12-1-2-17-10/h3,6-7,10,12H,1-2,4-5H2,(H,14,16). The van der Waals surface area contributed by atoms with Crippen LogP contribution < -0.4 is 10.2 Å². The molecule has 1 fully saturated rings. The SMILES string of the molecule is O=c1[nH]c(Cn2cncc2C2CNCCO2)cs1. The van der Waals surface area contributed by atoms with E-state index in [2.05, 4.69) is 15.3 Å². The molecule has 3 heterocycles. The molecule has 0 amide bonds. The number of hydrogen-bond donors (Lipinski definition) is 2. The highest BCUT2D eigenvalue weighted by Gasteiger charge is 2.19. The van der Waals surface area contributed by atoms with Crippen molar-refractivity contribution in [3.8, 4) is 0 Å². The molecule has 0 spiro atoms. The van der Waals surface area contributed by atoms with Gasteiger partial charge in [-0.3, -0.25) is 4.79 Å². The summed E-state index contributed by atoms with van der Waals surface area (Å²) in [5.41, 5.74) is 1.93. The Hall–Kier alpha value is -1.44. The first-order valence-electron chi connectivity index (χ1n) is 5.82. The van der Waals surface area contributed by atoms with E-state index in [4.69, 9.17) is 4.74 Å². The lowest BCUT2D eigenvalue weighted by Gasteiger charge is -2.24. The van der Waals surface area contributed by atoms with Gasteiger partial charge in [-0.25, -0.2) is 4.98 Å². The van der Waals surface area contributed by atoms with Crippen LogP contribution in [0.5, 0.6) is 0 Å². The molecule has 0 aromatic carbocycles. The van der Waals surface area contributed by atoms with Crippen molar-refractivity contribution in [2.45, 2.75) is 12.6 Å². The van der Waals surface area contributed by atoms with Gasteiger partial charge < -0.3 is 19.6 Å². The fraction of sp³-hybridized carbons (Fsp3) is 0.455. The molecule has 1 aliphatic rings. The minimum Gasteiger partial charge on any atom is -0.369 e. The quantitative estimate of drug-likeness (QED) is 0.840. The number of nitrogens with zero attached hydrogens (tertiary/aromatic N) is 2. The Morgan fingerprint density at radius 2 is 2.56 bits per heavy atom. The minimum atomic E-state index is -0.0257. The molecule has 18 heavy (non-hydrogen) atoms. The predicted octanol–water partition coefficient (Wildman–Crippen LogP) is 0.342. The molecule has 2 aromatic heterocycles. The highest BCUT2D eigenvalue weighted by molar-refractivity contribution is 7.07. The topological polar surface area (TPSA) is 71.9 Å². The molecule has 1 atom stereocenters. The lowest BCUT2D eigenvalue weighted by Crippen LogP contribution is -2.34. The van der Waals surface area contributed by atoms with Crippen molar-refractivity contribution >= 4 is 11.3 Å². The molecule has 2 aromatic rings. The predicted molar refractivity (Wildman–Crippen MR) is 67.8 cm³/mol. The van der Waals surface area contributed by atoms with E-state index < -0.39 is 0 Å². The second-order valence-corrected chi connectivity index (χ2v) is 5.03. The van der Waals surface area contributed by atoms with Crippen molar-refractivity contribution in [3.05, 3.63) is 39.0 Å². The lowest BCUT2D eigenvalue weighted by atomic mass is 10.2. The van der Waals surface area contributed by atoms with Crippen molar-refractivity contribution in [3.63, 3.8) is 0 Å². The van der Waals surface area contributed by atoms with Crippen LogP contribution in [0.15, 0.2) is 22.7 Å². The first-order valence-corrected chi connectivity index (χ1v) is 6.70. The highest BCUT2D eigenvalue weighted by Crippen LogP contribution is 2.19. The van der Waals surface area contributed by atoms with Gasteiger partial charge in [0.1, 0.15) is 6.10 Å². The van der Waals surface area contributed by atoms with E-state index in [1.165, 1.54) is 11.3 Å². The smallest absolute Gasteiger partial charge is 0.304 e. The second-order valence-electron chi connectivity index (χ2n) is 4.18. The Labute approximate surface area is 108 Å². The van der Waals surface area contributed by atoms with Crippen molar-refractivity contribution in [1.29, 1.82) is 0 Å². The Bertz CT molecular complexity index is 567. The maximum Gasteiger partial charge on any atom is 0.304 e. The van der Waals surface area contributed by atoms with E-state index in [-0.39, 0.29) is 11.0 Å². The molecule has 0 bridgehead atoms. The fourth-order valence-corrected chi connectivity index (χ4v) is 2.63. The van der Waals surface area contributed by atoms with Crippen LogP contribution in [-0.4, -0.2) is 34.2 Å². The highest BCUT2D eigenvalue weighted by atomic mass is 32.1. The summed E-state index contributed by atoms with van der Waals surface area (Å²) in [5.74, 6) is 0. The molecule has 1 aliphatic heterocycles. The van der Waals surface area contributed by atoms with Gasteiger partial charge in [0.25, 0.3) is 0 Å². The van der Waals surface area contributed by atoms with Crippen molar-refractivity contribution in [1.82, 2.24) is 19.9 Å². The largest absolute Gasteiger partial charge is 0.369 e. The molecule has 2 N–H and O–H groups in total. The molecule has 0 radical (unpaired) electrons. The Morgan fingerprint density at radius 3 is 3.28 bits per heavy atom. The first-order chi connectivity index (χ1) is 8.83. The summed E-state index contributed by atoms with van der Waals surface area (Å²) in [4.78, 5) is 18.1. The molecule has 1 unspecified atom stereocenters. The minimum absolute atomic E-state index is 0.0257. The van der Waals surface area contributed by atoms with Crippen molar-refractivity contribution < 1.29 is 4.74 Å². The number of hydrogen-bond acceptors (Lipinski definition) is 5. The number of aromatic nitrogens is 3. The van der Waals surface area contributed by atoms with Crippen molar-refractivity contribution in [2.24, 2.45) is 0 Å². The maximum absolute atomic E-state index is 11.1. The molecule has 3 rings (SSSR count). The number of imidazole rings is 1. The van der Waals surface area contributed by atoms with Crippen LogP contribution >= 0.6 is 11.3 Å². The third-order valence-corrected chi connectivity index (χ3v) is 3.63. The number of thiazole rings is 1. The zero-order valence-electron chi connectivity index (χ0n) is 9.76. The van der Waals surface area contributed by atoms with Crippen molar-refractivity contribution in [2.75, 3.05) is 19.7 Å². The van der Waals surface area contributed by atoms with Gasteiger partial charge in [-0.1, -0.05) is 11.3 Å². The number of nitrogens with one attached hydrogen (secondary N) is 2. The third-order valence-electron chi connectivity index (χ3n) is 2.91. The molecule has 0 saturated carbocycles. The number of morpholine rings is 1. The van der Waals surface area contributed by atoms with Gasteiger partial charge in [0, 0.05) is 24.2 Å². The van der Waals surface area contributed by atoms with Gasteiger partial charge in [0.05, 0.1) is 31.4 Å². The van der Waals surface area contributed by atoms with E-state index >= 15 is 0 Å². The third kappa shape index (κ3) is 2.38. The van der Waals surface area contributed by atoms with E-state index in [0.29, 0.717) is 13.2 Å². The molecule has 96 valence electrons. The van der Waals surface area contributed by atoms with Gasteiger partial charge in [0.2, 0.25) is 0 Å². The Morgan fingerprint density at radius 1 is 1.61 bits per heavy atom. The van der Waals surface area contributed by atoms with Crippen LogP contribution in [0.4, 0.5) is 0 Å². The van der Waals surface area contributed by atoms with Crippen LogP contribution in [0.25, 0.3) is 0 Å². The molecular formula is C11H14N4O2S. The normalized spacial score (nSPS) is 20.1. The first kappa shape index (κ1) is 11.6. The maximum atomic E-state index is 11.1. The van der Waals surface area contributed by atoms with E-state index in [9.17, 15) is 4.79 Å². The van der Waals surface area contributed by atoms with Gasteiger partial charge in [-0.15, -0.1) is 0 Å². The summed E-state index contributed by atoms with van der Waals surface area (Å²) in [7, 11) is 0. The fourth-order valence-electron chi connectivity index (χ4n) is 2.06. The number of rotatable bonds is 3. The second kappa shape index (κ2) is 5.05. The van der Waals surface area contributed by atoms with Gasteiger partial charge in [-0.2, -0.15) is 0 Å². The summed E-state index contributed by atoms with van der Waals surface area (Å²) in [6.45, 7) is 3.02. The van der Waals surface area contributed by atoms with Gasteiger partial charge in [-0.05, 0) is 0 Å². The van der Waals surface area contributed by atoms with Crippen LogP contribution in [0.2, 0.25) is 0 Å². The van der Waals surface area contributed by atoms with E-state index in [1.807, 2.05) is 16.1 Å². The Kier molecular flexibility index (Phi) is 3.26. The van der Waals surface area contributed by atoms with Crippen LogP contribution in [0.1, 0.15) is 17.5 Å². The van der Waals surface area contributed by atoms with Crippen LogP contribution in [0, 0.1) is 0 Å². The monoisotopic (exact) mass is 266 g/mol. The summed E-state index contributed by atoms with van der Waals surface area (Å²) < 4.78 is 7.72. The number of ether oxygens (including phenoxy) is 1.